The van der Waals surface area contributed by atoms with E-state index in [4.69, 9.17) is 0 Å². The van der Waals surface area contributed by atoms with Crippen molar-refractivity contribution in [2.24, 2.45) is 46.3 Å². The van der Waals surface area contributed by atoms with Gasteiger partial charge in [-0.05, 0) is 84.5 Å². The van der Waals surface area contributed by atoms with Gasteiger partial charge in [-0.3, -0.25) is 4.79 Å². The van der Waals surface area contributed by atoms with Gasteiger partial charge >= 0.3 is 0 Å². The first-order chi connectivity index (χ1) is 10.9. The lowest BCUT2D eigenvalue weighted by atomic mass is 9.44. The normalized spacial score (nSPS) is 60.3. The topological polar surface area (TPSA) is 37.3 Å². The molecule has 0 aromatic heterocycles. The van der Waals surface area contributed by atoms with Gasteiger partial charge in [0.25, 0.3) is 0 Å². The van der Waals surface area contributed by atoms with Crippen LogP contribution in [0.15, 0.2) is 11.6 Å². The number of hydrogen-bond donors (Lipinski definition) is 1. The van der Waals surface area contributed by atoms with E-state index < -0.39 is 0 Å². The zero-order valence-corrected chi connectivity index (χ0v) is 14.7. The Morgan fingerprint density at radius 2 is 2.00 bits per heavy atom. The number of rotatable bonds is 0. The predicted molar refractivity (Wildman–Crippen MR) is 89.6 cm³/mol. The molecule has 9 unspecified atom stereocenters. The van der Waals surface area contributed by atoms with Crippen LogP contribution < -0.4 is 0 Å². The van der Waals surface area contributed by atoms with E-state index in [0.717, 1.165) is 42.9 Å². The zero-order valence-electron chi connectivity index (χ0n) is 14.7. The molecule has 0 heterocycles. The number of carbonyl (C=O) groups is 1. The van der Waals surface area contributed by atoms with Gasteiger partial charge in [0.05, 0.1) is 6.10 Å². The van der Waals surface area contributed by atoms with Crippen molar-refractivity contribution in [3.63, 3.8) is 0 Å². The summed E-state index contributed by atoms with van der Waals surface area (Å²) in [6, 6.07) is 0. The molecule has 4 fully saturated rings. The minimum atomic E-state index is -0.0525. The van der Waals surface area contributed by atoms with Crippen molar-refractivity contribution in [2.75, 3.05) is 0 Å². The van der Waals surface area contributed by atoms with Crippen LogP contribution >= 0.6 is 0 Å². The Bertz CT molecular complexity index is 607. The molecular formula is C21H30O2. The van der Waals surface area contributed by atoms with Gasteiger partial charge in [-0.25, -0.2) is 0 Å². The third-order valence-corrected chi connectivity index (χ3v) is 9.05. The lowest BCUT2D eigenvalue weighted by molar-refractivity contribution is -0.122. The van der Waals surface area contributed by atoms with Crippen molar-refractivity contribution in [1.82, 2.24) is 0 Å². The van der Waals surface area contributed by atoms with Gasteiger partial charge < -0.3 is 5.11 Å². The third kappa shape index (κ3) is 1.67. The number of aliphatic hydroxyl groups is 1. The molecule has 23 heavy (non-hydrogen) atoms. The van der Waals surface area contributed by atoms with E-state index in [1.165, 1.54) is 24.8 Å². The fraction of sp³-hybridized carbons (Fsp3) is 0.857. The summed E-state index contributed by atoms with van der Waals surface area (Å²) in [7, 11) is 0. The molecule has 0 aromatic rings. The summed E-state index contributed by atoms with van der Waals surface area (Å²) in [6.45, 7) is 7.26. The van der Waals surface area contributed by atoms with Crippen molar-refractivity contribution >= 4 is 5.78 Å². The molecule has 5 aliphatic rings. The lowest BCUT2D eigenvalue weighted by Gasteiger charge is -2.60. The number of fused-ring (bicyclic) bond motifs is 7. The van der Waals surface area contributed by atoms with Crippen molar-refractivity contribution in [1.29, 1.82) is 0 Å². The molecule has 2 nitrogen and oxygen atoms in total. The molecule has 0 saturated heterocycles. The summed E-state index contributed by atoms with van der Waals surface area (Å²) in [5.74, 6) is 4.64. The van der Waals surface area contributed by atoms with Crippen LogP contribution in [0.1, 0.15) is 59.3 Å². The molecule has 2 heteroatoms. The monoisotopic (exact) mass is 314 g/mol. The number of ketones is 1. The maximum atomic E-state index is 12.0. The first-order valence-electron chi connectivity index (χ1n) is 9.78. The van der Waals surface area contributed by atoms with Gasteiger partial charge in [-0.2, -0.15) is 0 Å². The van der Waals surface area contributed by atoms with Crippen molar-refractivity contribution in [2.45, 2.75) is 65.4 Å². The summed E-state index contributed by atoms with van der Waals surface area (Å²) in [5, 5.41) is 10.8. The third-order valence-electron chi connectivity index (χ3n) is 9.05. The van der Waals surface area contributed by atoms with E-state index in [-0.39, 0.29) is 16.9 Å². The second-order valence-electron chi connectivity index (χ2n) is 10.00. The molecule has 5 rings (SSSR count). The van der Waals surface area contributed by atoms with Crippen LogP contribution in [0, 0.1) is 46.3 Å². The van der Waals surface area contributed by atoms with E-state index in [1.807, 2.05) is 6.08 Å². The molecule has 0 aliphatic heterocycles. The molecule has 0 bridgehead atoms. The molecule has 0 amide bonds. The van der Waals surface area contributed by atoms with Gasteiger partial charge in [-0.1, -0.05) is 26.3 Å². The Balaban J connectivity index is 1.57. The molecule has 9 atom stereocenters. The first-order valence-corrected chi connectivity index (χ1v) is 9.78. The Hall–Kier alpha value is -0.630. The average Bonchev–Trinajstić information content (AvgIpc) is 3.24. The maximum absolute atomic E-state index is 12.0. The summed E-state index contributed by atoms with van der Waals surface area (Å²) in [6.07, 6.45) is 8.59. The highest BCUT2D eigenvalue weighted by Gasteiger charge is 2.70. The van der Waals surface area contributed by atoms with Crippen molar-refractivity contribution in [3.05, 3.63) is 11.6 Å². The van der Waals surface area contributed by atoms with E-state index in [1.54, 1.807) is 0 Å². The maximum Gasteiger partial charge on any atom is 0.155 e. The highest BCUT2D eigenvalue weighted by molar-refractivity contribution is 5.91. The Labute approximate surface area is 139 Å². The van der Waals surface area contributed by atoms with Crippen LogP contribution in [0.3, 0.4) is 0 Å². The quantitative estimate of drug-likeness (QED) is 0.734. The molecule has 0 aromatic carbocycles. The average molecular weight is 314 g/mol. The minimum absolute atomic E-state index is 0.0525. The van der Waals surface area contributed by atoms with Gasteiger partial charge in [0.1, 0.15) is 0 Å². The Kier molecular flexibility index (Phi) is 2.75. The minimum Gasteiger partial charge on any atom is -0.392 e. The fourth-order valence-electron chi connectivity index (χ4n) is 7.80. The predicted octanol–water partition coefficient (Wildman–Crippen LogP) is 3.98. The lowest BCUT2D eigenvalue weighted by Crippen LogP contribution is -2.55. The van der Waals surface area contributed by atoms with Crippen LogP contribution in [0.4, 0.5) is 0 Å². The van der Waals surface area contributed by atoms with Crippen LogP contribution in [-0.4, -0.2) is 17.0 Å². The van der Waals surface area contributed by atoms with Crippen LogP contribution in [0.25, 0.3) is 0 Å². The highest BCUT2D eigenvalue weighted by Crippen LogP contribution is 2.74. The molecule has 4 saturated carbocycles. The summed E-state index contributed by atoms with van der Waals surface area (Å²) in [4.78, 5) is 12.0. The van der Waals surface area contributed by atoms with Gasteiger partial charge in [0.15, 0.2) is 5.78 Å². The number of carbonyl (C=O) groups excluding carboxylic acids is 1. The zero-order chi connectivity index (χ0) is 16.1. The standard InChI is InChI=1S/C21H30O2/c1-11-8-12-9-13(22)4-6-20(12,2)16-5-7-21(3)18(17(11)16)14-10-15(14)19(21)23/h9,11,14-19,23H,4-8,10H2,1-3H3. The molecule has 126 valence electrons. The summed E-state index contributed by atoms with van der Waals surface area (Å²) in [5.41, 5.74) is 1.88. The van der Waals surface area contributed by atoms with Gasteiger partial charge in [0.2, 0.25) is 0 Å². The van der Waals surface area contributed by atoms with Crippen molar-refractivity contribution in [3.8, 4) is 0 Å². The SMILES string of the molecule is CC1CC2=CC(=O)CCC2(C)C2CCC3(C)C(O)C4CC4C3C12. The number of hydrogen-bond acceptors (Lipinski definition) is 2. The second kappa shape index (κ2) is 4.31. The number of allylic oxidation sites excluding steroid dienone is 1. The van der Waals surface area contributed by atoms with E-state index in [0.29, 0.717) is 17.6 Å². The first kappa shape index (κ1) is 14.7. The molecular weight excluding hydrogens is 284 g/mol. The number of aliphatic hydroxyl groups excluding tert-OH is 1. The van der Waals surface area contributed by atoms with Crippen molar-refractivity contribution < 1.29 is 9.90 Å². The Morgan fingerprint density at radius 1 is 1.22 bits per heavy atom. The second-order valence-corrected chi connectivity index (χ2v) is 10.00. The molecule has 5 aliphatic carbocycles. The van der Waals surface area contributed by atoms with Crippen LogP contribution in [0.2, 0.25) is 0 Å². The fourth-order valence-corrected chi connectivity index (χ4v) is 7.80. The molecule has 0 radical (unpaired) electrons. The Morgan fingerprint density at radius 3 is 2.78 bits per heavy atom. The van der Waals surface area contributed by atoms with Crippen LogP contribution in [-0.2, 0) is 4.79 Å². The molecule has 1 N–H and O–H groups in total. The van der Waals surface area contributed by atoms with Crippen LogP contribution in [0.5, 0.6) is 0 Å². The molecule has 0 spiro atoms. The van der Waals surface area contributed by atoms with Gasteiger partial charge in [0, 0.05) is 6.42 Å². The highest BCUT2D eigenvalue weighted by atomic mass is 16.3. The largest absolute Gasteiger partial charge is 0.392 e. The summed E-state index contributed by atoms with van der Waals surface area (Å²) < 4.78 is 0. The smallest absolute Gasteiger partial charge is 0.155 e. The van der Waals surface area contributed by atoms with Gasteiger partial charge in [-0.15, -0.1) is 0 Å². The van der Waals surface area contributed by atoms with E-state index >= 15 is 0 Å². The van der Waals surface area contributed by atoms with E-state index in [9.17, 15) is 9.90 Å². The summed E-state index contributed by atoms with van der Waals surface area (Å²) >= 11 is 0. The van der Waals surface area contributed by atoms with E-state index in [2.05, 4.69) is 20.8 Å².